The molecule has 23 nitrogen and oxygen atoms in total. The van der Waals surface area contributed by atoms with Crippen LogP contribution in [0.25, 0.3) is 0 Å². The second-order valence-electron chi connectivity index (χ2n) is 26.1. The molecule has 11 amide bonds. The lowest BCUT2D eigenvalue weighted by Crippen LogP contribution is -2.63. The predicted molar refractivity (Wildman–Crippen MR) is 335 cm³/mol. The molecule has 86 heavy (non-hydrogen) atoms. The molecule has 2 unspecified atom stereocenters. The van der Waals surface area contributed by atoms with Gasteiger partial charge in [0.1, 0.15) is 54.4 Å². The Morgan fingerprint density at radius 2 is 0.872 bits per heavy atom. The molecule has 23 heteroatoms. The molecular formula is C63H115N11O12. The third kappa shape index (κ3) is 22.9. The highest BCUT2D eigenvalue weighted by atomic mass is 16.3. The van der Waals surface area contributed by atoms with Crippen LogP contribution >= 0.6 is 0 Å². The van der Waals surface area contributed by atoms with Crippen LogP contribution in [-0.2, 0) is 52.7 Å². The summed E-state index contributed by atoms with van der Waals surface area (Å²) in [5.41, 5.74) is 5.58. The van der Waals surface area contributed by atoms with E-state index in [4.69, 9.17) is 5.73 Å². The minimum Gasteiger partial charge on any atom is -0.390 e. The van der Waals surface area contributed by atoms with Gasteiger partial charge in [0.05, 0.1) is 12.6 Å². The number of likely N-dealkylation sites (N-methyl/N-ethyl adjacent to an activating group) is 7. The first-order valence-corrected chi connectivity index (χ1v) is 30.9. The molecule has 0 heterocycles. The Morgan fingerprint density at radius 1 is 0.453 bits per heavy atom. The van der Waals surface area contributed by atoms with Crippen LogP contribution in [0.4, 0.5) is 0 Å². The summed E-state index contributed by atoms with van der Waals surface area (Å²) in [6.07, 6.45) is 3.29. The van der Waals surface area contributed by atoms with Crippen LogP contribution in [0.3, 0.4) is 0 Å². The number of aliphatic hydroxyl groups excluding tert-OH is 1. The van der Waals surface area contributed by atoms with Gasteiger partial charge in [0.25, 0.3) is 0 Å². The van der Waals surface area contributed by atoms with Crippen molar-refractivity contribution in [1.29, 1.82) is 0 Å². The molecule has 0 bridgehead atoms. The molecule has 0 aromatic rings. The maximum atomic E-state index is 15.1. The van der Waals surface area contributed by atoms with Gasteiger partial charge in [-0.2, -0.15) is 0 Å². The first kappa shape index (κ1) is 79.9. The number of carbonyl (C=O) groups excluding carboxylic acids is 11. The average Bonchev–Trinajstić information content (AvgIpc) is 1.55. The molecule has 0 aliphatic rings. The first-order valence-electron chi connectivity index (χ1n) is 30.9. The average molecular weight is 1220 g/mol. The Hall–Kier alpha value is -6.13. The predicted octanol–water partition coefficient (Wildman–Crippen LogP) is 3.89. The van der Waals surface area contributed by atoms with Crippen LogP contribution in [-0.4, -0.2) is 221 Å². The fourth-order valence-corrected chi connectivity index (χ4v) is 10.6. The molecule has 494 valence electrons. The van der Waals surface area contributed by atoms with Gasteiger partial charge >= 0.3 is 0 Å². The van der Waals surface area contributed by atoms with Crippen molar-refractivity contribution in [2.45, 2.75) is 224 Å². The normalized spacial score (nSPS) is 16.0. The summed E-state index contributed by atoms with van der Waals surface area (Å²) in [4.78, 5) is 163. The molecule has 0 radical (unpaired) electrons. The number of nitrogens with zero attached hydrogens (tertiary/aromatic N) is 7. The first-order chi connectivity index (χ1) is 39.6. The summed E-state index contributed by atoms with van der Waals surface area (Å²) >= 11 is 0. The number of amides is 11. The van der Waals surface area contributed by atoms with Gasteiger partial charge in [-0.25, -0.2) is 0 Å². The summed E-state index contributed by atoms with van der Waals surface area (Å²) in [6.45, 7) is 31.8. The largest absolute Gasteiger partial charge is 0.390 e. The third-order valence-corrected chi connectivity index (χ3v) is 16.4. The van der Waals surface area contributed by atoms with Gasteiger partial charge in [-0.05, 0) is 93.8 Å². The number of nitrogens with one attached hydrogen (secondary N) is 3. The van der Waals surface area contributed by atoms with E-state index in [0.717, 1.165) is 9.80 Å². The van der Waals surface area contributed by atoms with Gasteiger partial charge < -0.3 is 61.1 Å². The van der Waals surface area contributed by atoms with Gasteiger partial charge in [-0.1, -0.05) is 123 Å². The Labute approximate surface area is 516 Å². The van der Waals surface area contributed by atoms with Crippen LogP contribution in [0.5, 0.6) is 0 Å². The summed E-state index contributed by atoms with van der Waals surface area (Å²) in [6, 6.07) is -10.4. The number of rotatable bonds is 36. The van der Waals surface area contributed by atoms with E-state index in [0.29, 0.717) is 12.8 Å². The van der Waals surface area contributed by atoms with Crippen LogP contribution in [0, 0.1) is 47.3 Å². The number of allylic oxidation sites excluding steroid dienone is 2. The minimum absolute atomic E-state index is 0.0377. The van der Waals surface area contributed by atoms with E-state index in [1.165, 1.54) is 73.7 Å². The van der Waals surface area contributed by atoms with Crippen molar-refractivity contribution in [1.82, 2.24) is 50.2 Å². The second-order valence-corrected chi connectivity index (χ2v) is 26.1. The molecule has 0 saturated carbocycles. The molecular weight excluding hydrogens is 1100 g/mol. The number of carbonyl (C=O) groups is 11. The highest BCUT2D eigenvalue weighted by molar-refractivity contribution is 5.99. The molecule has 0 aromatic heterocycles. The lowest BCUT2D eigenvalue weighted by Gasteiger charge is -2.41. The number of hydrogen-bond donors (Lipinski definition) is 5. The van der Waals surface area contributed by atoms with Gasteiger partial charge in [-0.3, -0.25) is 52.7 Å². The lowest BCUT2D eigenvalue weighted by atomic mass is 9.91. The third-order valence-electron chi connectivity index (χ3n) is 16.4. The molecule has 6 N–H and O–H groups in total. The molecule has 0 rings (SSSR count). The van der Waals surface area contributed by atoms with E-state index in [9.17, 15) is 48.3 Å². The molecule has 0 aliphatic heterocycles. The van der Waals surface area contributed by atoms with Gasteiger partial charge in [-0.15, -0.1) is 0 Å². The summed E-state index contributed by atoms with van der Waals surface area (Å²) in [7, 11) is 10.1. The molecule has 0 aromatic carbocycles. The van der Waals surface area contributed by atoms with Crippen molar-refractivity contribution < 1.29 is 57.8 Å². The maximum absolute atomic E-state index is 15.1. The van der Waals surface area contributed by atoms with Gasteiger partial charge in [0.15, 0.2) is 0 Å². The van der Waals surface area contributed by atoms with Crippen LogP contribution in [0.15, 0.2) is 12.2 Å². The SMILES string of the molecule is C/C=C/C[C@@H](C)[C@H](O)C(C(=O)N[C@H](CC)C(=O)N(C)CC(=O)N(C)[C@H](C(N)=O)C(C)C)N(C)C(=O)[C@H](C(C)C)N(C)C(=O)[C@@H](CC(C)C)N(C)C(=O)[C@@H](CC(C)C)N(C)C(=O)[C@H](C)NC(=O)C(CC)NC(=O)[C@H](CC(C)C)N(C)C(=O)[C@H](C)C(C)C. The zero-order valence-electron chi connectivity index (χ0n) is 57.1. The Morgan fingerprint density at radius 3 is 1.29 bits per heavy atom. The number of nitrogens with two attached hydrogens (primary N) is 1. The van der Waals surface area contributed by atoms with E-state index < -0.39 is 138 Å². The second kappa shape index (κ2) is 36.9. The summed E-state index contributed by atoms with van der Waals surface area (Å²) in [5, 5.41) is 20.3. The smallest absolute Gasteiger partial charge is 0.246 e. The van der Waals surface area contributed by atoms with Crippen LogP contribution in [0.1, 0.15) is 163 Å². The van der Waals surface area contributed by atoms with Crippen LogP contribution < -0.4 is 21.7 Å². The van der Waals surface area contributed by atoms with E-state index in [1.54, 1.807) is 74.6 Å². The highest BCUT2D eigenvalue weighted by Gasteiger charge is 2.45. The monoisotopic (exact) mass is 1220 g/mol. The molecule has 0 fully saturated rings. The van der Waals surface area contributed by atoms with Crippen molar-refractivity contribution in [3.63, 3.8) is 0 Å². The van der Waals surface area contributed by atoms with Crippen molar-refractivity contribution in [3.05, 3.63) is 12.2 Å². The zero-order chi connectivity index (χ0) is 67.3. The van der Waals surface area contributed by atoms with Crippen LogP contribution in [0.2, 0.25) is 0 Å². The van der Waals surface area contributed by atoms with E-state index >= 15 is 9.59 Å². The van der Waals surface area contributed by atoms with E-state index in [-0.39, 0.29) is 67.1 Å². The number of hydrogen-bond acceptors (Lipinski definition) is 12. The molecule has 0 spiro atoms. The van der Waals surface area contributed by atoms with Crippen molar-refractivity contribution in [2.75, 3.05) is 55.9 Å². The quantitative estimate of drug-likeness (QED) is 0.0559. The fraction of sp³-hybridized carbons (Fsp3) is 0.794. The Kier molecular flexibility index (Phi) is 34.3. The maximum Gasteiger partial charge on any atom is 0.246 e. The lowest BCUT2D eigenvalue weighted by molar-refractivity contribution is -0.157. The minimum atomic E-state index is -1.60. The molecule has 12 atom stereocenters. The zero-order valence-corrected chi connectivity index (χ0v) is 57.1. The fourth-order valence-electron chi connectivity index (χ4n) is 10.6. The summed E-state index contributed by atoms with van der Waals surface area (Å²) < 4.78 is 0. The standard InChI is InChI=1S/C63H115N11O12/c1-26-29-30-41(16)53(76)52(57(80)67-45(28-3)60(83)68(19)34-49(75)72(23)50(39(12)13)54(64)77)74(25)63(86)51(40(14)15)73(24)62(85)48(33-37(8)9)71(22)61(84)47(32-36(6)7)70(21)59(82)43(18)65-55(78)44(27-2)66-56(79)46(31-35(4)5)69(20)58(81)42(17)38(10)11/h26,29,35-48,50-53,76H,27-28,30-34H2,1-25H3,(H2,64,77)(H,65,78)(H,66,79)(H,67,80)/b29-26+/t41-,42-,43+,44?,45-,46+,47-,48-,50+,51+,52?,53+/m1/s1. The Balaban J connectivity index is 7.12. The summed E-state index contributed by atoms with van der Waals surface area (Å²) in [5.74, 6) is -8.72. The number of primary amides is 1. The van der Waals surface area contributed by atoms with Crippen molar-refractivity contribution in [2.24, 2.45) is 53.1 Å². The molecule has 0 aliphatic carbocycles. The van der Waals surface area contributed by atoms with E-state index in [1.807, 2.05) is 62.3 Å². The van der Waals surface area contributed by atoms with E-state index in [2.05, 4.69) is 16.0 Å². The van der Waals surface area contributed by atoms with Gasteiger partial charge in [0, 0.05) is 55.3 Å². The molecule has 0 saturated heterocycles. The van der Waals surface area contributed by atoms with Crippen molar-refractivity contribution >= 4 is 65.0 Å². The Bertz CT molecular complexity index is 2310. The topological polar surface area (TPSA) is 293 Å². The van der Waals surface area contributed by atoms with Gasteiger partial charge in [0.2, 0.25) is 65.0 Å². The van der Waals surface area contributed by atoms with Crippen molar-refractivity contribution in [3.8, 4) is 0 Å². The highest BCUT2D eigenvalue weighted by Crippen LogP contribution is 2.26. The number of aliphatic hydroxyl groups is 1.